The molecule has 1 heterocycles. The second-order valence-corrected chi connectivity index (χ2v) is 5.29. The van der Waals surface area contributed by atoms with Crippen molar-refractivity contribution in [2.24, 2.45) is 10.7 Å². The summed E-state index contributed by atoms with van der Waals surface area (Å²) in [6.45, 7) is 0.286. The standard InChI is InChI=1S/C17H20F3N5O2/c1-26-13-6-5-11(10-14(13)27-2)25-16(21)24-9-8-23-15-12(17(18,19)20)4-3-7-22-15/h3-7,10H,8-9H2,1-2H3,(H,22,23)(H3,21,24,25). The molecule has 1 aromatic carbocycles. The van der Waals surface area contributed by atoms with E-state index < -0.39 is 11.7 Å². The predicted molar refractivity (Wildman–Crippen MR) is 97.4 cm³/mol. The lowest BCUT2D eigenvalue weighted by Crippen LogP contribution is -2.24. The van der Waals surface area contributed by atoms with E-state index in [2.05, 4.69) is 20.6 Å². The van der Waals surface area contributed by atoms with E-state index in [0.717, 1.165) is 6.07 Å². The summed E-state index contributed by atoms with van der Waals surface area (Å²) in [6, 6.07) is 7.31. The van der Waals surface area contributed by atoms with Gasteiger partial charge in [0.25, 0.3) is 0 Å². The van der Waals surface area contributed by atoms with Gasteiger partial charge in [0.1, 0.15) is 5.82 Å². The maximum Gasteiger partial charge on any atom is 0.419 e. The molecule has 0 amide bonds. The van der Waals surface area contributed by atoms with Gasteiger partial charge in [-0.15, -0.1) is 0 Å². The van der Waals surface area contributed by atoms with Crippen LogP contribution >= 0.6 is 0 Å². The van der Waals surface area contributed by atoms with Crippen LogP contribution in [0.1, 0.15) is 5.56 Å². The lowest BCUT2D eigenvalue weighted by atomic mass is 10.2. The number of nitrogens with two attached hydrogens (primary N) is 1. The van der Waals surface area contributed by atoms with Gasteiger partial charge < -0.3 is 25.8 Å². The molecule has 0 bridgehead atoms. The van der Waals surface area contributed by atoms with Gasteiger partial charge in [0.2, 0.25) is 0 Å². The van der Waals surface area contributed by atoms with Gasteiger partial charge in [-0.05, 0) is 24.3 Å². The number of guanidine groups is 1. The number of methoxy groups -OCH3 is 2. The van der Waals surface area contributed by atoms with Crippen LogP contribution in [-0.2, 0) is 6.18 Å². The molecule has 2 rings (SSSR count). The molecule has 27 heavy (non-hydrogen) atoms. The molecular formula is C17H20F3N5O2. The van der Waals surface area contributed by atoms with Crippen molar-refractivity contribution < 1.29 is 22.6 Å². The average molecular weight is 383 g/mol. The van der Waals surface area contributed by atoms with Gasteiger partial charge in [-0.1, -0.05) is 0 Å². The number of ether oxygens (including phenoxy) is 2. The monoisotopic (exact) mass is 383 g/mol. The van der Waals surface area contributed by atoms with Crippen LogP contribution in [0.15, 0.2) is 41.5 Å². The molecule has 146 valence electrons. The lowest BCUT2D eigenvalue weighted by Gasteiger charge is -2.13. The number of pyridine rings is 1. The number of nitrogens with one attached hydrogen (secondary N) is 2. The van der Waals surface area contributed by atoms with Crippen LogP contribution < -0.4 is 25.8 Å². The largest absolute Gasteiger partial charge is 0.493 e. The summed E-state index contributed by atoms with van der Waals surface area (Å²) in [5.74, 6) is 0.957. The van der Waals surface area contributed by atoms with Gasteiger partial charge in [-0.2, -0.15) is 13.2 Å². The molecule has 0 fully saturated rings. The molecule has 4 N–H and O–H groups in total. The second kappa shape index (κ2) is 8.97. The zero-order chi connectivity index (χ0) is 19.9. The first kappa shape index (κ1) is 20.1. The van der Waals surface area contributed by atoms with Crippen molar-refractivity contribution in [1.82, 2.24) is 4.98 Å². The third-order valence-corrected chi connectivity index (χ3v) is 3.46. The molecule has 0 aliphatic heterocycles. The average Bonchev–Trinajstić information content (AvgIpc) is 2.64. The van der Waals surface area contributed by atoms with Gasteiger partial charge in [0.15, 0.2) is 17.5 Å². The smallest absolute Gasteiger partial charge is 0.419 e. The number of aromatic nitrogens is 1. The SMILES string of the molecule is COc1ccc(NC(N)=NCCNc2ncccc2C(F)(F)F)cc1OC. The summed E-state index contributed by atoms with van der Waals surface area (Å²) in [5.41, 5.74) is 5.59. The Bertz CT molecular complexity index is 796. The van der Waals surface area contributed by atoms with Crippen LogP contribution in [0, 0.1) is 0 Å². The van der Waals surface area contributed by atoms with Crippen molar-refractivity contribution in [3.05, 3.63) is 42.1 Å². The van der Waals surface area contributed by atoms with E-state index in [1.165, 1.54) is 26.5 Å². The van der Waals surface area contributed by atoms with Crippen LogP contribution in [0.2, 0.25) is 0 Å². The molecule has 1 aromatic heterocycles. The Balaban J connectivity index is 1.92. The molecule has 0 spiro atoms. The van der Waals surface area contributed by atoms with E-state index >= 15 is 0 Å². The van der Waals surface area contributed by atoms with Gasteiger partial charge in [0.05, 0.1) is 26.3 Å². The van der Waals surface area contributed by atoms with Gasteiger partial charge in [0, 0.05) is 24.5 Å². The maximum atomic E-state index is 12.9. The Kier molecular flexibility index (Phi) is 6.69. The number of halogens is 3. The Morgan fingerprint density at radius 3 is 2.59 bits per heavy atom. The minimum atomic E-state index is -4.48. The fraction of sp³-hybridized carbons (Fsp3) is 0.294. The van der Waals surface area contributed by atoms with E-state index in [9.17, 15) is 13.2 Å². The first-order valence-electron chi connectivity index (χ1n) is 7.90. The fourth-order valence-corrected chi connectivity index (χ4v) is 2.23. The normalized spacial score (nSPS) is 11.8. The van der Waals surface area contributed by atoms with E-state index in [1.54, 1.807) is 18.2 Å². The van der Waals surface area contributed by atoms with Gasteiger partial charge in [-0.3, -0.25) is 4.99 Å². The van der Waals surface area contributed by atoms with E-state index in [-0.39, 0.29) is 24.9 Å². The number of nitrogens with zero attached hydrogens (tertiary/aromatic N) is 2. The quantitative estimate of drug-likeness (QED) is 0.387. The highest BCUT2D eigenvalue weighted by molar-refractivity contribution is 5.92. The van der Waals surface area contributed by atoms with E-state index in [4.69, 9.17) is 15.2 Å². The summed E-state index contributed by atoms with van der Waals surface area (Å²) in [4.78, 5) is 7.78. The van der Waals surface area contributed by atoms with Crippen molar-refractivity contribution in [3.8, 4) is 11.5 Å². The summed E-state index contributed by atoms with van der Waals surface area (Å²) in [7, 11) is 3.04. The molecule has 0 aliphatic carbocycles. The number of hydrogen-bond acceptors (Lipinski definition) is 5. The third-order valence-electron chi connectivity index (χ3n) is 3.46. The van der Waals surface area contributed by atoms with Crippen LogP contribution in [0.3, 0.4) is 0 Å². The summed E-state index contributed by atoms with van der Waals surface area (Å²) < 4.78 is 49.0. The molecule has 7 nitrogen and oxygen atoms in total. The lowest BCUT2D eigenvalue weighted by molar-refractivity contribution is -0.137. The minimum absolute atomic E-state index is 0.112. The first-order valence-corrected chi connectivity index (χ1v) is 7.90. The Labute approximate surface area is 154 Å². The summed E-state index contributed by atoms with van der Waals surface area (Å²) >= 11 is 0. The molecule has 0 atom stereocenters. The fourth-order valence-electron chi connectivity index (χ4n) is 2.23. The van der Waals surface area contributed by atoms with Crippen molar-refractivity contribution in [1.29, 1.82) is 0 Å². The van der Waals surface area contributed by atoms with Crippen LogP contribution in [0.4, 0.5) is 24.7 Å². The number of hydrogen-bond donors (Lipinski definition) is 3. The second-order valence-electron chi connectivity index (χ2n) is 5.29. The zero-order valence-corrected chi connectivity index (χ0v) is 14.8. The minimum Gasteiger partial charge on any atom is -0.493 e. The number of aliphatic imine (C=N–C) groups is 1. The van der Waals surface area contributed by atoms with Crippen LogP contribution in [0.5, 0.6) is 11.5 Å². The van der Waals surface area contributed by atoms with Crippen LogP contribution in [-0.4, -0.2) is 38.3 Å². The Hall–Kier alpha value is -3.17. The molecule has 0 radical (unpaired) electrons. The van der Waals surface area contributed by atoms with Crippen molar-refractivity contribution in [2.75, 3.05) is 37.9 Å². The number of anilines is 2. The van der Waals surface area contributed by atoms with E-state index in [0.29, 0.717) is 17.2 Å². The Morgan fingerprint density at radius 2 is 1.93 bits per heavy atom. The summed E-state index contributed by atoms with van der Waals surface area (Å²) in [5, 5.41) is 5.49. The van der Waals surface area contributed by atoms with Crippen molar-refractivity contribution in [3.63, 3.8) is 0 Å². The van der Waals surface area contributed by atoms with Gasteiger partial charge >= 0.3 is 6.18 Å². The molecule has 0 aliphatic rings. The molecule has 0 saturated heterocycles. The number of alkyl halides is 3. The number of rotatable bonds is 7. The molecular weight excluding hydrogens is 363 g/mol. The van der Waals surface area contributed by atoms with Crippen molar-refractivity contribution >= 4 is 17.5 Å². The number of benzene rings is 1. The first-order chi connectivity index (χ1) is 12.8. The topological polar surface area (TPSA) is 93.8 Å². The molecule has 10 heteroatoms. The highest BCUT2D eigenvalue weighted by atomic mass is 19.4. The summed E-state index contributed by atoms with van der Waals surface area (Å²) in [6.07, 6.45) is -3.19. The van der Waals surface area contributed by atoms with Crippen LogP contribution in [0.25, 0.3) is 0 Å². The van der Waals surface area contributed by atoms with Gasteiger partial charge in [-0.25, -0.2) is 4.98 Å². The molecule has 0 saturated carbocycles. The highest BCUT2D eigenvalue weighted by Gasteiger charge is 2.33. The maximum absolute atomic E-state index is 12.9. The predicted octanol–water partition coefficient (Wildman–Crippen LogP) is 2.96. The molecule has 2 aromatic rings. The third kappa shape index (κ3) is 5.66. The molecule has 0 unspecified atom stereocenters. The van der Waals surface area contributed by atoms with Crippen molar-refractivity contribution in [2.45, 2.75) is 6.18 Å². The zero-order valence-electron chi connectivity index (χ0n) is 14.8. The Morgan fingerprint density at radius 1 is 1.19 bits per heavy atom. The van der Waals surface area contributed by atoms with E-state index in [1.807, 2.05) is 0 Å². The highest BCUT2D eigenvalue weighted by Crippen LogP contribution is 2.33.